The predicted molar refractivity (Wildman–Crippen MR) is 113 cm³/mol. The van der Waals surface area contributed by atoms with Crippen molar-refractivity contribution in [2.24, 2.45) is 0 Å². The minimum atomic E-state index is -0.700. The Morgan fingerprint density at radius 3 is 2.27 bits per heavy atom. The zero-order chi connectivity index (χ0) is 18.8. The number of allylic oxidation sites excluding steroid dienone is 2. The van der Waals surface area contributed by atoms with E-state index in [1.165, 1.54) is 0 Å². The Morgan fingerprint density at radius 2 is 1.69 bits per heavy atom. The van der Waals surface area contributed by atoms with Gasteiger partial charge >= 0.3 is 0 Å². The number of carbonyl (C=O) groups is 1. The van der Waals surface area contributed by atoms with Gasteiger partial charge in [0.05, 0.1) is 16.0 Å². The second kappa shape index (κ2) is 11.1. The maximum atomic E-state index is 12.0. The van der Waals surface area contributed by atoms with Crippen molar-refractivity contribution < 1.29 is 9.90 Å². The summed E-state index contributed by atoms with van der Waals surface area (Å²) in [6, 6.07) is 19.0. The monoisotopic (exact) mass is 431 g/mol. The van der Waals surface area contributed by atoms with Crippen LogP contribution in [0.25, 0.3) is 0 Å². The standard InChI is InChI=1S/C21H22BrNO2S/c1-2-9-18(22)26-19(24)14-15-23-20(16-10-5-3-6-11-16)21(25)17-12-7-4-8-13-17/h2-13,20-21,23,25H,1,14-15H2/b18-9-. The molecule has 2 rings (SSSR count). The highest BCUT2D eigenvalue weighted by molar-refractivity contribution is 9.14. The van der Waals surface area contributed by atoms with Crippen LogP contribution in [0.4, 0.5) is 0 Å². The average molecular weight is 432 g/mol. The Morgan fingerprint density at radius 1 is 1.12 bits per heavy atom. The Kier molecular flexibility index (Phi) is 8.85. The number of aliphatic hydroxyl groups is 1. The van der Waals surface area contributed by atoms with Gasteiger partial charge in [-0.3, -0.25) is 4.79 Å². The molecule has 0 aliphatic heterocycles. The van der Waals surface area contributed by atoms with Crippen molar-refractivity contribution in [1.29, 1.82) is 0 Å². The van der Waals surface area contributed by atoms with Gasteiger partial charge in [0.25, 0.3) is 0 Å². The first-order valence-corrected chi connectivity index (χ1v) is 9.93. The third-order valence-electron chi connectivity index (χ3n) is 3.77. The van der Waals surface area contributed by atoms with Gasteiger partial charge < -0.3 is 10.4 Å². The lowest BCUT2D eigenvalue weighted by Crippen LogP contribution is -2.29. The van der Waals surface area contributed by atoms with Gasteiger partial charge in [-0.05, 0) is 44.9 Å². The van der Waals surface area contributed by atoms with Crippen molar-refractivity contribution in [3.63, 3.8) is 0 Å². The summed E-state index contributed by atoms with van der Waals surface area (Å²) in [5, 5.41) is 14.2. The molecule has 2 aromatic rings. The van der Waals surface area contributed by atoms with Gasteiger partial charge in [0.15, 0.2) is 5.12 Å². The largest absolute Gasteiger partial charge is 0.386 e. The third kappa shape index (κ3) is 6.57. The van der Waals surface area contributed by atoms with Crippen molar-refractivity contribution in [3.05, 3.63) is 94.3 Å². The molecule has 2 atom stereocenters. The zero-order valence-corrected chi connectivity index (χ0v) is 16.7. The van der Waals surface area contributed by atoms with Gasteiger partial charge in [-0.15, -0.1) is 0 Å². The van der Waals surface area contributed by atoms with Crippen LogP contribution >= 0.6 is 27.7 Å². The van der Waals surface area contributed by atoms with Crippen LogP contribution < -0.4 is 5.32 Å². The Bertz CT molecular complexity index is 734. The van der Waals surface area contributed by atoms with Crippen LogP contribution in [0.3, 0.4) is 0 Å². The molecule has 0 saturated heterocycles. The van der Waals surface area contributed by atoms with Crippen LogP contribution in [0.15, 0.2) is 83.2 Å². The normalized spacial score (nSPS) is 13.8. The van der Waals surface area contributed by atoms with Crippen molar-refractivity contribution in [2.75, 3.05) is 6.54 Å². The molecule has 2 N–H and O–H groups in total. The first-order valence-electron chi connectivity index (χ1n) is 8.32. The Balaban J connectivity index is 2.02. The zero-order valence-electron chi connectivity index (χ0n) is 14.3. The summed E-state index contributed by atoms with van der Waals surface area (Å²) in [6.07, 6.45) is 3.02. The van der Waals surface area contributed by atoms with Crippen LogP contribution in [0.2, 0.25) is 0 Å². The Labute approximate surface area is 167 Å². The number of thioether (sulfide) groups is 1. The number of aliphatic hydroxyl groups excluding tert-OH is 1. The van der Waals surface area contributed by atoms with Gasteiger partial charge in [0, 0.05) is 13.0 Å². The van der Waals surface area contributed by atoms with E-state index >= 15 is 0 Å². The molecule has 2 unspecified atom stereocenters. The number of hydrogen-bond acceptors (Lipinski definition) is 4. The van der Waals surface area contributed by atoms with Crippen LogP contribution in [-0.4, -0.2) is 16.8 Å². The number of rotatable bonds is 9. The molecule has 26 heavy (non-hydrogen) atoms. The molecule has 0 spiro atoms. The van der Waals surface area contributed by atoms with Crippen LogP contribution in [0, 0.1) is 0 Å². The van der Waals surface area contributed by atoms with Crippen molar-refractivity contribution >= 4 is 32.8 Å². The van der Waals surface area contributed by atoms with Crippen molar-refractivity contribution in [3.8, 4) is 0 Å². The van der Waals surface area contributed by atoms with E-state index in [2.05, 4.69) is 27.8 Å². The number of hydrogen-bond donors (Lipinski definition) is 2. The summed E-state index contributed by atoms with van der Waals surface area (Å²) in [5.74, 6) is 0. The van der Waals surface area contributed by atoms with Gasteiger partial charge in [-0.1, -0.05) is 73.3 Å². The second-order valence-corrected chi connectivity index (χ2v) is 8.11. The van der Waals surface area contributed by atoms with E-state index in [1.807, 2.05) is 60.7 Å². The minimum Gasteiger partial charge on any atom is -0.386 e. The van der Waals surface area contributed by atoms with Crippen LogP contribution in [-0.2, 0) is 4.79 Å². The number of benzene rings is 2. The fourth-order valence-electron chi connectivity index (χ4n) is 2.53. The molecule has 0 amide bonds. The van der Waals surface area contributed by atoms with E-state index in [4.69, 9.17) is 0 Å². The molecule has 0 bridgehead atoms. The summed E-state index contributed by atoms with van der Waals surface area (Å²) in [5.41, 5.74) is 1.82. The number of carbonyl (C=O) groups excluding carboxylic acids is 1. The molecule has 0 aliphatic carbocycles. The lowest BCUT2D eigenvalue weighted by molar-refractivity contribution is -0.110. The van der Waals surface area contributed by atoms with Crippen molar-refractivity contribution in [2.45, 2.75) is 18.6 Å². The smallest absolute Gasteiger partial charge is 0.195 e. The van der Waals surface area contributed by atoms with Crippen molar-refractivity contribution in [1.82, 2.24) is 5.32 Å². The average Bonchev–Trinajstić information content (AvgIpc) is 2.66. The molecule has 0 aliphatic rings. The summed E-state index contributed by atoms with van der Waals surface area (Å²) in [6.45, 7) is 4.08. The molecule has 0 saturated carbocycles. The molecule has 2 aromatic carbocycles. The number of nitrogens with one attached hydrogen (secondary N) is 1. The summed E-state index contributed by atoms with van der Waals surface area (Å²) in [7, 11) is 0. The third-order valence-corrected chi connectivity index (χ3v) is 5.28. The minimum absolute atomic E-state index is 0.0449. The van der Waals surface area contributed by atoms with E-state index < -0.39 is 6.10 Å². The van der Waals surface area contributed by atoms with E-state index in [9.17, 15) is 9.90 Å². The van der Waals surface area contributed by atoms with E-state index in [0.717, 1.165) is 26.7 Å². The van der Waals surface area contributed by atoms with E-state index in [0.29, 0.717) is 13.0 Å². The molecule has 0 fully saturated rings. The lowest BCUT2D eigenvalue weighted by atomic mass is 9.96. The molecular formula is C21H22BrNO2S. The molecular weight excluding hydrogens is 410 g/mol. The van der Waals surface area contributed by atoms with Gasteiger partial charge in [-0.25, -0.2) is 0 Å². The number of halogens is 1. The first kappa shape index (κ1) is 20.6. The van der Waals surface area contributed by atoms with Gasteiger partial charge in [0.1, 0.15) is 0 Å². The molecule has 0 aromatic heterocycles. The lowest BCUT2D eigenvalue weighted by Gasteiger charge is -2.25. The highest BCUT2D eigenvalue weighted by atomic mass is 79.9. The van der Waals surface area contributed by atoms with E-state index in [-0.39, 0.29) is 11.2 Å². The highest BCUT2D eigenvalue weighted by Gasteiger charge is 2.22. The fourth-order valence-corrected chi connectivity index (χ4v) is 3.85. The summed E-state index contributed by atoms with van der Waals surface area (Å²) < 4.78 is 0.737. The van der Waals surface area contributed by atoms with Gasteiger partial charge in [-0.2, -0.15) is 0 Å². The summed E-state index contributed by atoms with van der Waals surface area (Å²) in [4.78, 5) is 12.0. The second-order valence-electron chi connectivity index (χ2n) is 5.63. The topological polar surface area (TPSA) is 49.3 Å². The first-order chi connectivity index (χ1) is 12.6. The quantitative estimate of drug-likeness (QED) is 0.540. The molecule has 136 valence electrons. The maximum absolute atomic E-state index is 12.0. The molecule has 0 radical (unpaired) electrons. The highest BCUT2D eigenvalue weighted by Crippen LogP contribution is 2.29. The summed E-state index contributed by atoms with van der Waals surface area (Å²) >= 11 is 4.46. The van der Waals surface area contributed by atoms with E-state index in [1.54, 1.807) is 12.2 Å². The molecule has 0 heterocycles. The fraction of sp³-hybridized carbons (Fsp3) is 0.190. The predicted octanol–water partition coefficient (Wildman–Crippen LogP) is 5.12. The maximum Gasteiger partial charge on any atom is 0.195 e. The molecule has 3 nitrogen and oxygen atoms in total. The Hall–Kier alpha value is -1.66. The van der Waals surface area contributed by atoms with Gasteiger partial charge in [0.2, 0.25) is 0 Å². The van der Waals surface area contributed by atoms with Crippen LogP contribution in [0.5, 0.6) is 0 Å². The SMILES string of the molecule is C=C/C=C(/Br)SC(=O)CCNC(c1ccccc1)C(O)c1ccccc1. The van der Waals surface area contributed by atoms with Crippen LogP contribution in [0.1, 0.15) is 29.7 Å². The molecule has 5 heteroatoms.